The van der Waals surface area contributed by atoms with Crippen molar-refractivity contribution in [2.24, 2.45) is 7.05 Å². The SMILES string of the molecule is CCC(c1nc2ccccc2c(=O)n1C)N(CCOC)C(=O)c1ccc(Br)cc1. The van der Waals surface area contributed by atoms with E-state index in [0.29, 0.717) is 41.9 Å². The quantitative estimate of drug-likeness (QED) is 0.538. The van der Waals surface area contributed by atoms with Crippen LogP contribution in [0, 0.1) is 0 Å². The first kappa shape index (κ1) is 21.2. The number of methoxy groups -OCH3 is 1. The van der Waals surface area contributed by atoms with Crippen LogP contribution >= 0.6 is 15.9 Å². The van der Waals surface area contributed by atoms with E-state index in [1.807, 2.05) is 37.3 Å². The molecule has 1 atom stereocenters. The van der Waals surface area contributed by atoms with Crippen LogP contribution in [0.5, 0.6) is 0 Å². The topological polar surface area (TPSA) is 64.4 Å². The lowest BCUT2D eigenvalue weighted by molar-refractivity contribution is 0.0578. The number of hydrogen-bond donors (Lipinski definition) is 0. The minimum atomic E-state index is -0.358. The highest BCUT2D eigenvalue weighted by molar-refractivity contribution is 9.10. The second kappa shape index (κ2) is 9.33. The van der Waals surface area contributed by atoms with Gasteiger partial charge in [0.2, 0.25) is 0 Å². The standard InChI is InChI=1S/C22H24BrN3O3/c1-4-19(20-24-18-8-6-5-7-17(18)22(28)25(20)2)26(13-14-29-3)21(27)15-9-11-16(23)12-10-15/h5-12,19H,4,13-14H2,1-3H3. The average Bonchev–Trinajstić information content (AvgIpc) is 2.74. The van der Waals surface area contributed by atoms with Gasteiger partial charge in [-0.3, -0.25) is 14.2 Å². The Hall–Kier alpha value is -2.51. The van der Waals surface area contributed by atoms with Gasteiger partial charge in [-0.05, 0) is 42.8 Å². The molecule has 1 heterocycles. The fraction of sp³-hybridized carbons (Fsp3) is 0.318. The normalized spacial score (nSPS) is 12.1. The molecule has 0 aliphatic heterocycles. The molecule has 0 bridgehead atoms. The second-order valence-electron chi connectivity index (χ2n) is 6.77. The Morgan fingerprint density at radius 3 is 2.55 bits per heavy atom. The molecule has 0 fully saturated rings. The van der Waals surface area contributed by atoms with Crippen LogP contribution in [-0.2, 0) is 11.8 Å². The number of benzene rings is 2. The van der Waals surface area contributed by atoms with E-state index in [-0.39, 0.29) is 17.5 Å². The summed E-state index contributed by atoms with van der Waals surface area (Å²) in [5.74, 6) is 0.446. The zero-order valence-corrected chi connectivity index (χ0v) is 18.3. The van der Waals surface area contributed by atoms with Crippen molar-refractivity contribution in [3.8, 4) is 0 Å². The maximum Gasteiger partial charge on any atom is 0.261 e. The van der Waals surface area contributed by atoms with Crippen LogP contribution < -0.4 is 5.56 Å². The Morgan fingerprint density at radius 1 is 1.21 bits per heavy atom. The lowest BCUT2D eigenvalue weighted by Gasteiger charge is -2.31. The number of ether oxygens (including phenoxy) is 1. The van der Waals surface area contributed by atoms with Gasteiger partial charge < -0.3 is 9.64 Å². The molecule has 1 aromatic heterocycles. The number of rotatable bonds is 7. The first-order valence-corrected chi connectivity index (χ1v) is 10.3. The number of carbonyl (C=O) groups is 1. The lowest BCUT2D eigenvalue weighted by Crippen LogP contribution is -2.40. The zero-order valence-electron chi connectivity index (χ0n) is 16.8. The summed E-state index contributed by atoms with van der Waals surface area (Å²) in [6.07, 6.45) is 0.616. The number of nitrogens with zero attached hydrogens (tertiary/aromatic N) is 3. The molecule has 3 rings (SSSR count). The van der Waals surface area contributed by atoms with Gasteiger partial charge in [0.25, 0.3) is 11.5 Å². The molecule has 7 heteroatoms. The summed E-state index contributed by atoms with van der Waals surface area (Å²) in [6.45, 7) is 2.77. The van der Waals surface area contributed by atoms with Gasteiger partial charge in [-0.2, -0.15) is 0 Å². The summed E-state index contributed by atoms with van der Waals surface area (Å²) in [5.41, 5.74) is 1.09. The Labute approximate surface area is 178 Å². The largest absolute Gasteiger partial charge is 0.383 e. The molecular formula is C22H24BrN3O3. The maximum absolute atomic E-state index is 13.3. The van der Waals surface area contributed by atoms with Gasteiger partial charge in [-0.15, -0.1) is 0 Å². The van der Waals surface area contributed by atoms with Crippen molar-refractivity contribution >= 4 is 32.7 Å². The highest BCUT2D eigenvalue weighted by Crippen LogP contribution is 2.25. The molecule has 0 aliphatic rings. The molecule has 0 saturated heterocycles. The summed E-state index contributed by atoms with van der Waals surface area (Å²) in [5, 5.41) is 0.566. The van der Waals surface area contributed by atoms with Gasteiger partial charge in [0.15, 0.2) is 0 Å². The molecule has 29 heavy (non-hydrogen) atoms. The van der Waals surface area contributed by atoms with E-state index in [0.717, 1.165) is 4.47 Å². The molecule has 0 spiro atoms. The fourth-order valence-electron chi connectivity index (χ4n) is 3.42. The van der Waals surface area contributed by atoms with Crippen LogP contribution in [0.1, 0.15) is 35.6 Å². The minimum absolute atomic E-state index is 0.119. The van der Waals surface area contributed by atoms with Crippen molar-refractivity contribution in [1.29, 1.82) is 0 Å². The van der Waals surface area contributed by atoms with Crippen molar-refractivity contribution in [3.63, 3.8) is 0 Å². The highest BCUT2D eigenvalue weighted by atomic mass is 79.9. The molecular weight excluding hydrogens is 434 g/mol. The molecule has 0 saturated carbocycles. The molecule has 1 amide bonds. The van der Waals surface area contributed by atoms with E-state index >= 15 is 0 Å². The van der Waals surface area contributed by atoms with E-state index in [9.17, 15) is 9.59 Å². The first-order chi connectivity index (χ1) is 14.0. The first-order valence-electron chi connectivity index (χ1n) is 9.49. The van der Waals surface area contributed by atoms with E-state index < -0.39 is 0 Å². The van der Waals surface area contributed by atoms with Crippen LogP contribution in [0.25, 0.3) is 10.9 Å². The summed E-state index contributed by atoms with van der Waals surface area (Å²) >= 11 is 3.40. The monoisotopic (exact) mass is 457 g/mol. The molecule has 0 radical (unpaired) electrons. The van der Waals surface area contributed by atoms with E-state index in [1.54, 1.807) is 41.8 Å². The number of halogens is 1. The Bertz CT molecular complexity index is 1060. The van der Waals surface area contributed by atoms with Crippen LogP contribution in [0.4, 0.5) is 0 Å². The van der Waals surface area contributed by atoms with Crippen LogP contribution in [0.3, 0.4) is 0 Å². The average molecular weight is 458 g/mol. The van der Waals surface area contributed by atoms with Gasteiger partial charge in [0.05, 0.1) is 23.6 Å². The lowest BCUT2D eigenvalue weighted by atomic mass is 10.1. The number of aromatic nitrogens is 2. The number of para-hydroxylation sites is 1. The zero-order chi connectivity index (χ0) is 21.0. The van der Waals surface area contributed by atoms with Gasteiger partial charge in [-0.1, -0.05) is 35.0 Å². The predicted molar refractivity (Wildman–Crippen MR) is 117 cm³/mol. The smallest absolute Gasteiger partial charge is 0.261 e. The number of hydrogen-bond acceptors (Lipinski definition) is 4. The Balaban J connectivity index is 2.09. The number of amides is 1. The van der Waals surface area contributed by atoms with Crippen molar-refractivity contribution in [2.75, 3.05) is 20.3 Å². The van der Waals surface area contributed by atoms with Crippen molar-refractivity contribution in [3.05, 3.63) is 74.7 Å². The second-order valence-corrected chi connectivity index (χ2v) is 7.69. The molecule has 0 aliphatic carbocycles. The Kier molecular flexibility index (Phi) is 6.82. The third-order valence-corrected chi connectivity index (χ3v) is 5.50. The molecule has 6 nitrogen and oxygen atoms in total. The van der Waals surface area contributed by atoms with Crippen molar-refractivity contribution < 1.29 is 9.53 Å². The van der Waals surface area contributed by atoms with Crippen molar-refractivity contribution in [2.45, 2.75) is 19.4 Å². The molecule has 152 valence electrons. The van der Waals surface area contributed by atoms with Crippen molar-refractivity contribution in [1.82, 2.24) is 14.5 Å². The fourth-order valence-corrected chi connectivity index (χ4v) is 3.69. The highest BCUT2D eigenvalue weighted by Gasteiger charge is 2.28. The predicted octanol–water partition coefficient (Wildman–Crippen LogP) is 3.94. The third kappa shape index (κ3) is 4.41. The minimum Gasteiger partial charge on any atom is -0.383 e. The van der Waals surface area contributed by atoms with Gasteiger partial charge >= 0.3 is 0 Å². The summed E-state index contributed by atoms with van der Waals surface area (Å²) in [4.78, 5) is 32.7. The van der Waals surface area contributed by atoms with E-state index in [1.165, 1.54) is 0 Å². The molecule has 1 unspecified atom stereocenters. The van der Waals surface area contributed by atoms with Gasteiger partial charge in [0, 0.05) is 30.7 Å². The molecule has 3 aromatic rings. The van der Waals surface area contributed by atoms with Crippen LogP contribution in [-0.4, -0.2) is 40.6 Å². The Morgan fingerprint density at radius 2 is 1.90 bits per heavy atom. The van der Waals surface area contributed by atoms with Gasteiger partial charge in [0.1, 0.15) is 5.82 Å². The molecule has 0 N–H and O–H groups in total. The van der Waals surface area contributed by atoms with E-state index in [2.05, 4.69) is 15.9 Å². The number of carbonyl (C=O) groups excluding carboxylic acids is 1. The number of fused-ring (bicyclic) bond motifs is 1. The van der Waals surface area contributed by atoms with Crippen LogP contribution in [0.2, 0.25) is 0 Å². The summed E-state index contributed by atoms with van der Waals surface area (Å²) in [7, 11) is 3.31. The van der Waals surface area contributed by atoms with E-state index in [4.69, 9.17) is 9.72 Å². The summed E-state index contributed by atoms with van der Waals surface area (Å²) in [6, 6.07) is 14.2. The molecule has 2 aromatic carbocycles. The maximum atomic E-state index is 13.3. The van der Waals surface area contributed by atoms with Gasteiger partial charge in [-0.25, -0.2) is 4.98 Å². The third-order valence-electron chi connectivity index (χ3n) is 4.97. The van der Waals surface area contributed by atoms with Crippen LogP contribution in [0.15, 0.2) is 57.8 Å². The summed E-state index contributed by atoms with van der Waals surface area (Å²) < 4.78 is 7.69.